The molecule has 1 aliphatic heterocycles. The maximum atomic E-state index is 12.1. The van der Waals surface area contributed by atoms with Crippen LogP contribution in [0.3, 0.4) is 0 Å². The topological polar surface area (TPSA) is 93.1 Å². The van der Waals surface area contributed by atoms with Crippen molar-refractivity contribution in [2.45, 2.75) is 38.4 Å². The van der Waals surface area contributed by atoms with Gasteiger partial charge in [-0.15, -0.1) is 0 Å². The highest BCUT2D eigenvalue weighted by atomic mass is 16.6. The van der Waals surface area contributed by atoms with E-state index in [0.717, 1.165) is 17.6 Å². The van der Waals surface area contributed by atoms with Crippen LogP contribution >= 0.6 is 0 Å². The third-order valence-corrected chi connectivity index (χ3v) is 4.48. The predicted octanol–water partition coefficient (Wildman–Crippen LogP) is 1.59. The van der Waals surface area contributed by atoms with Gasteiger partial charge in [0.05, 0.1) is 24.7 Å². The van der Waals surface area contributed by atoms with Crippen molar-refractivity contribution in [2.75, 3.05) is 13.2 Å². The number of hydrogen-bond donors (Lipinski definition) is 2. The number of allylic oxidation sites excluding steroid dienone is 1. The van der Waals surface area contributed by atoms with Crippen LogP contribution in [0.15, 0.2) is 47.6 Å². The maximum Gasteiger partial charge on any atom is 0.336 e. The zero-order valence-electron chi connectivity index (χ0n) is 14.4. The number of hydrogen-bond acceptors (Lipinski definition) is 6. The summed E-state index contributed by atoms with van der Waals surface area (Å²) >= 11 is 0. The average molecular weight is 348 g/mol. The molecule has 6 nitrogen and oxygen atoms in total. The molecule has 0 saturated carbocycles. The van der Waals surface area contributed by atoms with Gasteiger partial charge in [0.25, 0.3) is 0 Å². The van der Waals surface area contributed by atoms with Crippen molar-refractivity contribution in [1.82, 2.24) is 0 Å². The van der Waals surface area contributed by atoms with E-state index in [1.54, 1.807) is 6.08 Å². The fourth-order valence-corrected chi connectivity index (χ4v) is 3.06. The molecule has 2 N–H and O–H groups in total. The van der Waals surface area contributed by atoms with Crippen molar-refractivity contribution in [3.8, 4) is 0 Å². The summed E-state index contributed by atoms with van der Waals surface area (Å²) in [7, 11) is 0. The number of aliphatic hydroxyl groups is 2. The lowest BCUT2D eigenvalue weighted by Crippen LogP contribution is -2.34. The molecule has 1 aliphatic carbocycles. The molecule has 2 aliphatic rings. The Hall–Kier alpha value is -2.18. The standard InChI is InChI=1S/C19H24O6/c1-11-5-4-6-14(10-21)8-16-17(13(3)19(23)25-16)15(7-11)24-18(22)12(2)9-20/h5,8,15-17,20-21H,2-4,6-7,9-10H2,1H3/t15-,16+,17+/m0/s1. The van der Waals surface area contributed by atoms with Gasteiger partial charge in [0.2, 0.25) is 0 Å². The number of carbonyl (C=O) groups is 2. The van der Waals surface area contributed by atoms with Crippen molar-refractivity contribution in [2.24, 2.45) is 5.92 Å². The SMILES string of the molecule is C=C(CO)C(=O)O[C@H]1CC(C)=CCCC(CO)=C[C@H]2OC(=O)C(=C)[C@H]12. The molecule has 0 amide bonds. The summed E-state index contributed by atoms with van der Waals surface area (Å²) < 4.78 is 10.9. The van der Waals surface area contributed by atoms with Crippen molar-refractivity contribution in [3.05, 3.63) is 47.6 Å². The number of esters is 2. The van der Waals surface area contributed by atoms with Gasteiger partial charge < -0.3 is 19.7 Å². The van der Waals surface area contributed by atoms with Gasteiger partial charge in [0.15, 0.2) is 0 Å². The highest BCUT2D eigenvalue weighted by molar-refractivity contribution is 5.92. The zero-order valence-corrected chi connectivity index (χ0v) is 14.4. The van der Waals surface area contributed by atoms with Crippen LogP contribution in [0, 0.1) is 5.92 Å². The Balaban J connectivity index is 2.38. The van der Waals surface area contributed by atoms with E-state index in [-0.39, 0.29) is 17.8 Å². The molecule has 25 heavy (non-hydrogen) atoms. The first-order valence-electron chi connectivity index (χ1n) is 8.22. The first kappa shape index (κ1) is 19.1. The van der Waals surface area contributed by atoms with Crippen LogP contribution in [0.25, 0.3) is 0 Å². The van der Waals surface area contributed by atoms with Crippen molar-refractivity contribution < 1.29 is 29.3 Å². The van der Waals surface area contributed by atoms with Gasteiger partial charge in [-0.1, -0.05) is 24.8 Å². The van der Waals surface area contributed by atoms with Crippen molar-refractivity contribution in [3.63, 3.8) is 0 Å². The lowest BCUT2D eigenvalue weighted by Gasteiger charge is -2.27. The zero-order chi connectivity index (χ0) is 18.6. The average Bonchev–Trinajstić information content (AvgIpc) is 2.86. The second-order valence-electron chi connectivity index (χ2n) is 6.40. The molecular weight excluding hydrogens is 324 g/mol. The largest absolute Gasteiger partial charge is 0.458 e. The van der Waals surface area contributed by atoms with Crippen LogP contribution in [-0.2, 0) is 19.1 Å². The molecule has 0 radical (unpaired) electrons. The van der Waals surface area contributed by atoms with E-state index in [1.165, 1.54) is 0 Å². The van der Waals surface area contributed by atoms with E-state index in [0.29, 0.717) is 12.8 Å². The van der Waals surface area contributed by atoms with Gasteiger partial charge in [0, 0.05) is 12.0 Å². The third-order valence-electron chi connectivity index (χ3n) is 4.48. The molecule has 0 aromatic carbocycles. The minimum atomic E-state index is -0.713. The highest BCUT2D eigenvalue weighted by Crippen LogP contribution is 2.36. The number of ether oxygens (including phenoxy) is 2. The van der Waals surface area contributed by atoms with E-state index in [2.05, 4.69) is 13.2 Å². The van der Waals surface area contributed by atoms with E-state index in [4.69, 9.17) is 14.6 Å². The van der Waals surface area contributed by atoms with E-state index in [1.807, 2.05) is 13.0 Å². The van der Waals surface area contributed by atoms with Gasteiger partial charge >= 0.3 is 11.9 Å². The van der Waals surface area contributed by atoms with Gasteiger partial charge in [-0.05, 0) is 31.4 Å². The summed E-state index contributed by atoms with van der Waals surface area (Å²) in [6.45, 7) is 8.55. The minimum absolute atomic E-state index is 0.0577. The normalized spacial score (nSPS) is 26.9. The molecule has 6 heteroatoms. The third kappa shape index (κ3) is 4.46. The Morgan fingerprint density at radius 3 is 2.80 bits per heavy atom. The van der Waals surface area contributed by atoms with Crippen molar-refractivity contribution >= 4 is 11.9 Å². The summed E-state index contributed by atoms with van der Waals surface area (Å²) in [5.41, 5.74) is 1.93. The van der Waals surface area contributed by atoms with Crippen LogP contribution in [0.4, 0.5) is 0 Å². The number of fused-ring (bicyclic) bond motifs is 1. The number of aliphatic hydroxyl groups excluding tert-OH is 2. The fraction of sp³-hybridized carbons (Fsp3) is 0.474. The Kier molecular flexibility index (Phi) is 6.33. The summed E-state index contributed by atoms with van der Waals surface area (Å²) in [4.78, 5) is 24.1. The monoisotopic (exact) mass is 348 g/mol. The van der Waals surface area contributed by atoms with Crippen LogP contribution in [0.2, 0.25) is 0 Å². The molecule has 136 valence electrons. The quantitative estimate of drug-likeness (QED) is 0.455. The van der Waals surface area contributed by atoms with E-state index >= 15 is 0 Å². The lowest BCUT2D eigenvalue weighted by atomic mass is 9.85. The molecule has 1 fully saturated rings. The summed E-state index contributed by atoms with van der Waals surface area (Å²) in [6, 6.07) is 0. The fourth-order valence-electron chi connectivity index (χ4n) is 3.06. The molecule has 1 heterocycles. The molecule has 2 rings (SSSR count). The lowest BCUT2D eigenvalue weighted by molar-refractivity contribution is -0.147. The van der Waals surface area contributed by atoms with Crippen LogP contribution in [-0.4, -0.2) is 47.6 Å². The minimum Gasteiger partial charge on any atom is -0.458 e. The first-order valence-corrected chi connectivity index (χ1v) is 8.22. The van der Waals surface area contributed by atoms with E-state index < -0.39 is 36.7 Å². The Morgan fingerprint density at radius 2 is 2.16 bits per heavy atom. The van der Waals surface area contributed by atoms with Gasteiger partial charge in [-0.25, -0.2) is 9.59 Å². The Morgan fingerprint density at radius 1 is 1.44 bits per heavy atom. The Labute approximate surface area is 147 Å². The second-order valence-corrected chi connectivity index (χ2v) is 6.40. The van der Waals surface area contributed by atoms with Gasteiger partial charge in [-0.3, -0.25) is 0 Å². The number of rotatable bonds is 4. The Bertz CT molecular complexity index is 642. The molecule has 0 unspecified atom stereocenters. The van der Waals surface area contributed by atoms with Crippen LogP contribution < -0.4 is 0 Å². The molecule has 0 aromatic rings. The summed E-state index contributed by atoms with van der Waals surface area (Å²) in [5.74, 6) is -1.80. The van der Waals surface area contributed by atoms with Crippen molar-refractivity contribution in [1.29, 1.82) is 0 Å². The van der Waals surface area contributed by atoms with Gasteiger partial charge in [-0.2, -0.15) is 0 Å². The molecular formula is C19H24O6. The number of carbonyl (C=O) groups excluding carboxylic acids is 2. The molecule has 0 bridgehead atoms. The molecule has 1 saturated heterocycles. The smallest absolute Gasteiger partial charge is 0.336 e. The molecule has 0 aromatic heterocycles. The maximum absolute atomic E-state index is 12.1. The first-order chi connectivity index (χ1) is 11.9. The summed E-state index contributed by atoms with van der Waals surface area (Å²) in [6.07, 6.45) is 4.23. The van der Waals surface area contributed by atoms with E-state index in [9.17, 15) is 14.7 Å². The predicted molar refractivity (Wildman–Crippen MR) is 91.4 cm³/mol. The van der Waals surface area contributed by atoms with Crippen LogP contribution in [0.5, 0.6) is 0 Å². The van der Waals surface area contributed by atoms with Gasteiger partial charge in [0.1, 0.15) is 12.2 Å². The summed E-state index contributed by atoms with van der Waals surface area (Å²) in [5, 5.41) is 18.6. The molecule has 3 atom stereocenters. The second kappa shape index (κ2) is 8.27. The highest BCUT2D eigenvalue weighted by Gasteiger charge is 2.44. The van der Waals surface area contributed by atoms with Crippen LogP contribution in [0.1, 0.15) is 26.2 Å². The molecule has 0 spiro atoms.